The van der Waals surface area contributed by atoms with Crippen molar-refractivity contribution in [2.45, 2.75) is 39.0 Å². The Hall–Kier alpha value is -0.770. The quantitative estimate of drug-likeness (QED) is 0.526. The van der Waals surface area contributed by atoms with Crippen LogP contribution < -0.4 is 0 Å². The van der Waals surface area contributed by atoms with E-state index < -0.39 is 0 Å². The van der Waals surface area contributed by atoms with Crippen LogP contribution in [0, 0.1) is 17.2 Å². The first-order valence-electron chi connectivity index (χ1n) is 4.47. The van der Waals surface area contributed by atoms with Crippen LogP contribution in [0.2, 0.25) is 0 Å². The lowest BCUT2D eigenvalue weighted by atomic mass is 9.82. The zero-order valence-electron chi connectivity index (χ0n) is 7.14. The van der Waals surface area contributed by atoms with Crippen molar-refractivity contribution in [2.24, 2.45) is 5.92 Å². The fourth-order valence-corrected chi connectivity index (χ4v) is 1.85. The average molecular weight is 149 g/mol. The highest BCUT2D eigenvalue weighted by Crippen LogP contribution is 2.30. The second-order valence-electron chi connectivity index (χ2n) is 3.20. The molecule has 0 bridgehead atoms. The zero-order valence-corrected chi connectivity index (χ0v) is 7.14. The van der Waals surface area contributed by atoms with E-state index in [9.17, 15) is 0 Å². The topological polar surface area (TPSA) is 23.8 Å². The van der Waals surface area contributed by atoms with E-state index in [1.54, 1.807) is 6.08 Å². The first-order valence-corrected chi connectivity index (χ1v) is 4.47. The summed E-state index contributed by atoms with van der Waals surface area (Å²) in [5, 5.41) is 8.51. The largest absolute Gasteiger partial charge is 0.193 e. The molecule has 0 aliphatic heterocycles. The van der Waals surface area contributed by atoms with E-state index in [0.29, 0.717) is 5.92 Å². The van der Waals surface area contributed by atoms with Crippen molar-refractivity contribution in [3.8, 4) is 6.07 Å². The minimum Gasteiger partial charge on any atom is -0.193 e. The molecule has 60 valence electrons. The van der Waals surface area contributed by atoms with Gasteiger partial charge in [0, 0.05) is 6.08 Å². The third kappa shape index (κ3) is 2.08. The van der Waals surface area contributed by atoms with Crippen LogP contribution in [0.15, 0.2) is 11.6 Å². The minimum atomic E-state index is 0.711. The van der Waals surface area contributed by atoms with Crippen LogP contribution in [0.3, 0.4) is 0 Å². The van der Waals surface area contributed by atoms with E-state index in [1.165, 1.54) is 31.3 Å². The molecule has 1 aliphatic rings. The predicted octanol–water partition coefficient (Wildman–Crippen LogP) is 3.04. The minimum absolute atomic E-state index is 0.711. The summed E-state index contributed by atoms with van der Waals surface area (Å²) in [5.41, 5.74) is 1.39. The molecule has 1 saturated carbocycles. The van der Waals surface area contributed by atoms with Crippen molar-refractivity contribution < 1.29 is 0 Å². The molecule has 0 spiro atoms. The monoisotopic (exact) mass is 149 g/mol. The van der Waals surface area contributed by atoms with E-state index in [-0.39, 0.29) is 0 Å². The van der Waals surface area contributed by atoms with Gasteiger partial charge in [-0.2, -0.15) is 5.26 Å². The van der Waals surface area contributed by atoms with Gasteiger partial charge in [-0.3, -0.25) is 0 Å². The number of allylic oxidation sites excluding steroid dienone is 2. The maximum Gasteiger partial charge on any atom is 0.0911 e. The Labute approximate surface area is 68.7 Å². The lowest BCUT2D eigenvalue weighted by Crippen LogP contribution is -2.08. The van der Waals surface area contributed by atoms with Crippen molar-refractivity contribution in [1.82, 2.24) is 0 Å². The van der Waals surface area contributed by atoms with Gasteiger partial charge in [0.2, 0.25) is 0 Å². The number of nitriles is 1. The summed E-state index contributed by atoms with van der Waals surface area (Å²) >= 11 is 0. The van der Waals surface area contributed by atoms with Crippen molar-refractivity contribution in [2.75, 3.05) is 0 Å². The fourth-order valence-electron chi connectivity index (χ4n) is 1.85. The molecule has 0 aromatic carbocycles. The molecule has 1 atom stereocenters. The van der Waals surface area contributed by atoms with E-state index in [1.807, 2.05) is 0 Å². The summed E-state index contributed by atoms with van der Waals surface area (Å²) in [6.45, 7) is 2.21. The van der Waals surface area contributed by atoms with Crippen LogP contribution in [0.25, 0.3) is 0 Å². The van der Waals surface area contributed by atoms with Crippen LogP contribution in [0.5, 0.6) is 0 Å². The summed E-state index contributed by atoms with van der Waals surface area (Å²) in [6, 6.07) is 2.14. The third-order valence-electron chi connectivity index (χ3n) is 2.54. The van der Waals surface area contributed by atoms with E-state index in [4.69, 9.17) is 5.26 Å². The van der Waals surface area contributed by atoms with Crippen molar-refractivity contribution in [3.05, 3.63) is 11.6 Å². The maximum absolute atomic E-state index is 8.51. The van der Waals surface area contributed by atoms with Gasteiger partial charge < -0.3 is 0 Å². The van der Waals surface area contributed by atoms with E-state index in [0.717, 1.165) is 6.42 Å². The molecular formula is C10H15N. The Morgan fingerprint density at radius 3 is 3.09 bits per heavy atom. The van der Waals surface area contributed by atoms with Gasteiger partial charge >= 0.3 is 0 Å². The van der Waals surface area contributed by atoms with Crippen LogP contribution in [-0.4, -0.2) is 0 Å². The second-order valence-corrected chi connectivity index (χ2v) is 3.20. The van der Waals surface area contributed by atoms with Gasteiger partial charge in [-0.05, 0) is 31.6 Å². The van der Waals surface area contributed by atoms with Gasteiger partial charge in [0.1, 0.15) is 0 Å². The van der Waals surface area contributed by atoms with Gasteiger partial charge in [0.05, 0.1) is 6.07 Å². The Morgan fingerprint density at radius 1 is 1.64 bits per heavy atom. The second kappa shape index (κ2) is 4.18. The van der Waals surface area contributed by atoms with Crippen LogP contribution in [-0.2, 0) is 0 Å². The van der Waals surface area contributed by atoms with Crippen molar-refractivity contribution in [3.63, 3.8) is 0 Å². The Bertz CT molecular complexity index is 186. The molecule has 0 aromatic heterocycles. The number of rotatable bonds is 1. The first kappa shape index (κ1) is 8.33. The molecule has 0 heterocycles. The van der Waals surface area contributed by atoms with Gasteiger partial charge in [0.15, 0.2) is 0 Å². The number of hydrogen-bond donors (Lipinski definition) is 0. The SMILES string of the molecule is CCC1CCCCC1=CC#N. The molecule has 0 N–H and O–H groups in total. The zero-order chi connectivity index (χ0) is 8.10. The number of hydrogen-bond acceptors (Lipinski definition) is 1. The summed E-state index contributed by atoms with van der Waals surface area (Å²) in [7, 11) is 0. The predicted molar refractivity (Wildman–Crippen MR) is 45.9 cm³/mol. The molecule has 1 unspecified atom stereocenters. The summed E-state index contributed by atoms with van der Waals surface area (Å²) < 4.78 is 0. The molecule has 0 amide bonds. The molecule has 11 heavy (non-hydrogen) atoms. The smallest absolute Gasteiger partial charge is 0.0911 e. The van der Waals surface area contributed by atoms with Gasteiger partial charge in [-0.15, -0.1) is 0 Å². The maximum atomic E-state index is 8.51. The molecule has 0 aromatic rings. The summed E-state index contributed by atoms with van der Waals surface area (Å²) in [5.74, 6) is 0.711. The molecular weight excluding hydrogens is 134 g/mol. The summed E-state index contributed by atoms with van der Waals surface area (Å²) in [4.78, 5) is 0. The average Bonchev–Trinajstić information content (AvgIpc) is 2.06. The van der Waals surface area contributed by atoms with Crippen molar-refractivity contribution in [1.29, 1.82) is 5.26 Å². The summed E-state index contributed by atoms with van der Waals surface area (Å²) in [6.07, 6.45) is 8.04. The molecule has 0 radical (unpaired) electrons. The molecule has 1 fully saturated rings. The Balaban J connectivity index is 2.60. The van der Waals surface area contributed by atoms with Gasteiger partial charge in [-0.25, -0.2) is 0 Å². The van der Waals surface area contributed by atoms with Gasteiger partial charge in [-0.1, -0.05) is 18.9 Å². The molecule has 1 nitrogen and oxygen atoms in total. The highest BCUT2D eigenvalue weighted by Gasteiger charge is 2.16. The molecule has 1 rings (SSSR count). The lowest BCUT2D eigenvalue weighted by Gasteiger charge is -2.23. The van der Waals surface area contributed by atoms with E-state index >= 15 is 0 Å². The lowest BCUT2D eigenvalue weighted by molar-refractivity contribution is 0.443. The molecule has 1 aliphatic carbocycles. The Kier molecular flexibility index (Phi) is 3.16. The molecule has 0 saturated heterocycles. The normalized spacial score (nSPS) is 28.4. The molecule has 1 heteroatoms. The first-order chi connectivity index (χ1) is 5.38. The fraction of sp³-hybridized carbons (Fsp3) is 0.700. The van der Waals surface area contributed by atoms with Crippen LogP contribution >= 0.6 is 0 Å². The van der Waals surface area contributed by atoms with Gasteiger partial charge in [0.25, 0.3) is 0 Å². The standard InChI is InChI=1S/C10H15N/c1-2-9-5-3-4-6-10(9)7-8-11/h7,9H,2-6H2,1H3. The highest BCUT2D eigenvalue weighted by molar-refractivity contribution is 5.17. The number of nitrogens with zero attached hydrogens (tertiary/aromatic N) is 1. The van der Waals surface area contributed by atoms with E-state index in [2.05, 4.69) is 13.0 Å². The third-order valence-corrected chi connectivity index (χ3v) is 2.54. The van der Waals surface area contributed by atoms with Crippen molar-refractivity contribution >= 4 is 0 Å². The highest BCUT2D eigenvalue weighted by atomic mass is 14.2. The van der Waals surface area contributed by atoms with Crippen LogP contribution in [0.4, 0.5) is 0 Å². The van der Waals surface area contributed by atoms with Crippen LogP contribution in [0.1, 0.15) is 39.0 Å². The Morgan fingerprint density at radius 2 is 2.45 bits per heavy atom.